The second kappa shape index (κ2) is 6.82. The lowest BCUT2D eigenvalue weighted by atomic mass is 9.85. The third-order valence-corrected chi connectivity index (χ3v) is 3.54. The third kappa shape index (κ3) is 3.70. The smallest absolute Gasteiger partial charge is 0.169 e. The first-order chi connectivity index (χ1) is 10.9. The Hall–Kier alpha value is -2.36. The summed E-state index contributed by atoms with van der Waals surface area (Å²) in [5.41, 5.74) is 0.837. The van der Waals surface area contributed by atoms with Gasteiger partial charge in [0.15, 0.2) is 11.5 Å². The van der Waals surface area contributed by atoms with Crippen molar-refractivity contribution in [3.05, 3.63) is 42.0 Å². The number of hydrogen-bond acceptors (Lipinski definition) is 4. The Balaban J connectivity index is 2.45. The molecule has 4 nitrogen and oxygen atoms in total. The summed E-state index contributed by atoms with van der Waals surface area (Å²) in [4.78, 5) is 0. The first kappa shape index (κ1) is 17.0. The summed E-state index contributed by atoms with van der Waals surface area (Å²) in [6.07, 6.45) is 0. The minimum atomic E-state index is -0.143. The monoisotopic (exact) mass is 316 g/mol. The van der Waals surface area contributed by atoms with Crippen LogP contribution in [0, 0.1) is 0 Å². The maximum absolute atomic E-state index is 6.00. The molecule has 0 unspecified atom stereocenters. The number of methoxy groups -OCH3 is 3. The zero-order chi connectivity index (χ0) is 17.0. The van der Waals surface area contributed by atoms with Crippen LogP contribution in [-0.2, 0) is 5.41 Å². The highest BCUT2D eigenvalue weighted by molar-refractivity contribution is 5.57. The highest BCUT2D eigenvalue weighted by atomic mass is 16.5. The van der Waals surface area contributed by atoms with Crippen LogP contribution < -0.4 is 18.9 Å². The highest BCUT2D eigenvalue weighted by Crippen LogP contribution is 2.45. The molecule has 0 amide bonds. The van der Waals surface area contributed by atoms with Crippen LogP contribution in [0.15, 0.2) is 36.4 Å². The first-order valence-electron chi connectivity index (χ1n) is 7.48. The van der Waals surface area contributed by atoms with Crippen LogP contribution in [0.4, 0.5) is 0 Å². The molecule has 0 saturated heterocycles. The van der Waals surface area contributed by atoms with Gasteiger partial charge in [-0.25, -0.2) is 0 Å². The molecule has 0 spiro atoms. The Bertz CT molecular complexity index is 654. The predicted molar refractivity (Wildman–Crippen MR) is 91.3 cm³/mol. The van der Waals surface area contributed by atoms with Crippen LogP contribution in [0.2, 0.25) is 0 Å². The van der Waals surface area contributed by atoms with E-state index < -0.39 is 0 Å². The van der Waals surface area contributed by atoms with Crippen molar-refractivity contribution in [2.24, 2.45) is 0 Å². The Morgan fingerprint density at radius 1 is 0.652 bits per heavy atom. The zero-order valence-electron chi connectivity index (χ0n) is 14.6. The van der Waals surface area contributed by atoms with Gasteiger partial charge in [0.1, 0.15) is 17.2 Å². The summed E-state index contributed by atoms with van der Waals surface area (Å²) >= 11 is 0. The molecule has 0 radical (unpaired) electrons. The van der Waals surface area contributed by atoms with Crippen LogP contribution >= 0.6 is 0 Å². The molecule has 0 aliphatic carbocycles. The minimum absolute atomic E-state index is 0.143. The van der Waals surface area contributed by atoms with Crippen molar-refractivity contribution in [1.82, 2.24) is 0 Å². The van der Waals surface area contributed by atoms with Gasteiger partial charge >= 0.3 is 0 Å². The fraction of sp³-hybridized carbons (Fsp3) is 0.368. The Labute approximate surface area is 137 Å². The van der Waals surface area contributed by atoms with Crippen LogP contribution in [0.1, 0.15) is 26.3 Å². The SMILES string of the molecule is COc1ccc(Oc2ccc(OC)c(C(C)(C)C)c2OC)cc1. The van der Waals surface area contributed by atoms with Gasteiger partial charge in [-0.3, -0.25) is 0 Å². The van der Waals surface area contributed by atoms with Gasteiger partial charge in [0.25, 0.3) is 0 Å². The molecule has 124 valence electrons. The van der Waals surface area contributed by atoms with Crippen LogP contribution in [0.5, 0.6) is 28.7 Å². The minimum Gasteiger partial charge on any atom is -0.497 e. The van der Waals surface area contributed by atoms with E-state index in [1.165, 1.54) is 0 Å². The van der Waals surface area contributed by atoms with E-state index in [0.717, 1.165) is 17.1 Å². The average molecular weight is 316 g/mol. The lowest BCUT2D eigenvalue weighted by Gasteiger charge is -2.26. The molecule has 0 N–H and O–H groups in total. The summed E-state index contributed by atoms with van der Waals surface area (Å²) in [7, 11) is 4.94. The van der Waals surface area contributed by atoms with Crippen molar-refractivity contribution in [3.8, 4) is 28.7 Å². The van der Waals surface area contributed by atoms with Crippen molar-refractivity contribution in [3.63, 3.8) is 0 Å². The molecule has 0 aromatic heterocycles. The normalized spacial score (nSPS) is 11.0. The number of rotatable bonds is 5. The molecule has 0 heterocycles. The fourth-order valence-corrected chi connectivity index (χ4v) is 2.48. The van der Waals surface area contributed by atoms with Crippen molar-refractivity contribution < 1.29 is 18.9 Å². The molecule has 2 aromatic rings. The van der Waals surface area contributed by atoms with Gasteiger partial charge in [0.2, 0.25) is 0 Å². The second-order valence-electron chi connectivity index (χ2n) is 6.20. The molecule has 0 bridgehead atoms. The van der Waals surface area contributed by atoms with E-state index in [0.29, 0.717) is 17.2 Å². The number of ether oxygens (including phenoxy) is 4. The summed E-state index contributed by atoms with van der Waals surface area (Å²) in [6.45, 7) is 6.35. The van der Waals surface area contributed by atoms with E-state index in [4.69, 9.17) is 18.9 Å². The zero-order valence-corrected chi connectivity index (χ0v) is 14.6. The second-order valence-corrected chi connectivity index (χ2v) is 6.20. The topological polar surface area (TPSA) is 36.9 Å². The first-order valence-corrected chi connectivity index (χ1v) is 7.48. The average Bonchev–Trinajstić information content (AvgIpc) is 2.54. The predicted octanol–water partition coefficient (Wildman–Crippen LogP) is 4.80. The molecule has 0 aliphatic rings. The van der Waals surface area contributed by atoms with Crippen molar-refractivity contribution >= 4 is 0 Å². The van der Waals surface area contributed by atoms with Gasteiger partial charge in [-0.1, -0.05) is 20.8 Å². The standard InChI is InChI=1S/C19H24O4/c1-19(2,3)17-15(21-5)11-12-16(18(17)22-6)23-14-9-7-13(20-4)8-10-14/h7-12H,1-6H3. The third-order valence-electron chi connectivity index (χ3n) is 3.54. The Morgan fingerprint density at radius 2 is 1.22 bits per heavy atom. The molecule has 23 heavy (non-hydrogen) atoms. The summed E-state index contributed by atoms with van der Waals surface area (Å²) in [6, 6.07) is 11.2. The summed E-state index contributed by atoms with van der Waals surface area (Å²) in [5.74, 6) is 3.64. The molecule has 0 saturated carbocycles. The molecule has 0 aliphatic heterocycles. The summed E-state index contributed by atoms with van der Waals surface area (Å²) in [5, 5.41) is 0. The largest absolute Gasteiger partial charge is 0.497 e. The summed E-state index contributed by atoms with van der Waals surface area (Å²) < 4.78 is 22.3. The van der Waals surface area contributed by atoms with Crippen molar-refractivity contribution in [2.45, 2.75) is 26.2 Å². The highest BCUT2D eigenvalue weighted by Gasteiger charge is 2.26. The van der Waals surface area contributed by atoms with E-state index in [-0.39, 0.29) is 5.41 Å². The van der Waals surface area contributed by atoms with Crippen LogP contribution in [0.25, 0.3) is 0 Å². The van der Waals surface area contributed by atoms with E-state index in [1.54, 1.807) is 21.3 Å². The lowest BCUT2D eigenvalue weighted by molar-refractivity contribution is 0.347. The van der Waals surface area contributed by atoms with Gasteiger partial charge in [-0.15, -0.1) is 0 Å². The number of benzene rings is 2. The molecule has 4 heteroatoms. The van der Waals surface area contributed by atoms with E-state index in [1.807, 2.05) is 36.4 Å². The number of hydrogen-bond donors (Lipinski definition) is 0. The molecule has 0 fully saturated rings. The van der Waals surface area contributed by atoms with E-state index in [9.17, 15) is 0 Å². The molecular weight excluding hydrogens is 292 g/mol. The van der Waals surface area contributed by atoms with Gasteiger partial charge in [0, 0.05) is 5.56 Å². The van der Waals surface area contributed by atoms with Gasteiger partial charge in [-0.05, 0) is 41.8 Å². The Kier molecular flexibility index (Phi) is 5.04. The van der Waals surface area contributed by atoms with Gasteiger partial charge in [-0.2, -0.15) is 0 Å². The fourth-order valence-electron chi connectivity index (χ4n) is 2.48. The Morgan fingerprint density at radius 3 is 1.70 bits per heavy atom. The van der Waals surface area contributed by atoms with Crippen LogP contribution in [-0.4, -0.2) is 21.3 Å². The van der Waals surface area contributed by atoms with E-state index >= 15 is 0 Å². The quantitative estimate of drug-likeness (QED) is 0.794. The lowest BCUT2D eigenvalue weighted by Crippen LogP contribution is -2.15. The van der Waals surface area contributed by atoms with Gasteiger partial charge in [0.05, 0.1) is 21.3 Å². The molecule has 2 rings (SSSR count). The molecule has 2 aromatic carbocycles. The van der Waals surface area contributed by atoms with E-state index in [2.05, 4.69) is 20.8 Å². The van der Waals surface area contributed by atoms with Crippen LogP contribution in [0.3, 0.4) is 0 Å². The molecular formula is C19H24O4. The van der Waals surface area contributed by atoms with Gasteiger partial charge < -0.3 is 18.9 Å². The maximum Gasteiger partial charge on any atom is 0.169 e. The molecule has 0 atom stereocenters. The maximum atomic E-state index is 6.00. The van der Waals surface area contributed by atoms with Crippen molar-refractivity contribution in [1.29, 1.82) is 0 Å². The van der Waals surface area contributed by atoms with Crippen molar-refractivity contribution in [2.75, 3.05) is 21.3 Å².